The van der Waals surface area contributed by atoms with E-state index in [2.05, 4.69) is 24.5 Å². The molecule has 1 aliphatic carbocycles. The first-order chi connectivity index (χ1) is 21.5. The minimum absolute atomic E-state index is 0.0813. The summed E-state index contributed by atoms with van der Waals surface area (Å²) in [5.74, 6) is -0.410. The third-order valence-electron chi connectivity index (χ3n) is 8.37. The number of aromatic hydroxyl groups is 1. The van der Waals surface area contributed by atoms with Crippen molar-refractivity contribution in [3.8, 4) is 5.75 Å². The maximum absolute atomic E-state index is 14.7. The second-order valence-corrected chi connectivity index (χ2v) is 13.4. The van der Waals surface area contributed by atoms with Crippen LogP contribution in [0, 0.1) is 0 Å². The maximum atomic E-state index is 14.7. The molecule has 0 bridgehead atoms. The number of carbonyl (C=O) groups is 3. The van der Waals surface area contributed by atoms with Crippen molar-refractivity contribution < 1.29 is 24.2 Å². The highest BCUT2D eigenvalue weighted by atomic mass is 16.6. The van der Waals surface area contributed by atoms with Crippen LogP contribution >= 0.6 is 0 Å². The van der Waals surface area contributed by atoms with Crippen LogP contribution in [0.4, 0.5) is 4.79 Å². The van der Waals surface area contributed by atoms with Gasteiger partial charge in [-0.25, -0.2) is 4.79 Å². The summed E-state index contributed by atoms with van der Waals surface area (Å²) in [6.45, 7) is 9.96. The van der Waals surface area contributed by atoms with Gasteiger partial charge in [0.1, 0.15) is 23.4 Å². The van der Waals surface area contributed by atoms with Crippen molar-refractivity contribution >= 4 is 17.9 Å². The van der Waals surface area contributed by atoms with E-state index >= 15 is 0 Å². The van der Waals surface area contributed by atoms with Crippen molar-refractivity contribution in [3.63, 3.8) is 0 Å². The Morgan fingerprint density at radius 2 is 1.51 bits per heavy atom. The lowest BCUT2D eigenvalue weighted by Gasteiger charge is -2.36. The van der Waals surface area contributed by atoms with Crippen LogP contribution in [0.1, 0.15) is 122 Å². The molecule has 8 heteroatoms. The first-order valence-electron chi connectivity index (χ1n) is 17.0. The van der Waals surface area contributed by atoms with Gasteiger partial charge < -0.3 is 25.4 Å². The minimum Gasteiger partial charge on any atom is -0.508 e. The molecule has 0 aromatic heterocycles. The van der Waals surface area contributed by atoms with Crippen LogP contribution in [0.5, 0.6) is 5.75 Å². The quantitative estimate of drug-likeness (QED) is 0.180. The highest BCUT2D eigenvalue weighted by Gasteiger charge is 2.37. The van der Waals surface area contributed by atoms with Crippen LogP contribution in [0.25, 0.3) is 0 Å². The van der Waals surface area contributed by atoms with E-state index in [4.69, 9.17) is 4.74 Å². The normalized spacial score (nSPS) is 15.1. The topological polar surface area (TPSA) is 108 Å². The Hall–Kier alpha value is -3.55. The molecule has 45 heavy (non-hydrogen) atoms. The SMILES string of the molecule is CCCCCCCN(C(=O)C(Cc1ccc(O)cc1)NC(=O)OC(C)(C)C)C(C(=O)NC1CCCCC1)c1ccc(CC)cc1. The lowest BCUT2D eigenvalue weighted by molar-refractivity contribution is -0.143. The van der Waals surface area contributed by atoms with Gasteiger partial charge in [-0.3, -0.25) is 9.59 Å². The average Bonchev–Trinajstić information content (AvgIpc) is 3.00. The third-order valence-corrected chi connectivity index (χ3v) is 8.37. The zero-order chi connectivity index (χ0) is 32.8. The van der Waals surface area contributed by atoms with E-state index in [-0.39, 0.29) is 30.0 Å². The average molecular weight is 622 g/mol. The molecular formula is C37H55N3O5. The van der Waals surface area contributed by atoms with E-state index in [9.17, 15) is 19.5 Å². The molecule has 0 saturated heterocycles. The van der Waals surface area contributed by atoms with Gasteiger partial charge in [0.25, 0.3) is 0 Å². The Morgan fingerprint density at radius 3 is 2.11 bits per heavy atom. The Morgan fingerprint density at radius 1 is 0.889 bits per heavy atom. The molecule has 1 saturated carbocycles. The van der Waals surface area contributed by atoms with E-state index in [0.717, 1.165) is 80.9 Å². The van der Waals surface area contributed by atoms with Gasteiger partial charge in [0.15, 0.2) is 0 Å². The number of alkyl carbamates (subject to hydrolysis) is 1. The zero-order valence-corrected chi connectivity index (χ0v) is 28.1. The Labute approximate surface area is 270 Å². The number of hydrogen-bond donors (Lipinski definition) is 3. The van der Waals surface area contributed by atoms with Gasteiger partial charge in [-0.2, -0.15) is 0 Å². The summed E-state index contributed by atoms with van der Waals surface area (Å²) in [6, 6.07) is 12.8. The molecule has 248 valence electrons. The van der Waals surface area contributed by atoms with E-state index < -0.39 is 23.8 Å². The molecule has 0 aliphatic heterocycles. The first-order valence-corrected chi connectivity index (χ1v) is 17.0. The summed E-state index contributed by atoms with van der Waals surface area (Å²) in [7, 11) is 0. The predicted octanol–water partition coefficient (Wildman–Crippen LogP) is 7.38. The van der Waals surface area contributed by atoms with Crippen LogP contribution in [0.2, 0.25) is 0 Å². The number of hydrogen-bond acceptors (Lipinski definition) is 5. The Balaban J connectivity index is 2.02. The molecule has 2 aromatic carbocycles. The molecule has 2 aromatic rings. The fraction of sp³-hybridized carbons (Fsp3) is 0.595. The van der Waals surface area contributed by atoms with Crippen molar-refractivity contribution in [2.45, 2.75) is 135 Å². The van der Waals surface area contributed by atoms with Crippen molar-refractivity contribution in [1.29, 1.82) is 0 Å². The van der Waals surface area contributed by atoms with Gasteiger partial charge in [-0.05, 0) is 75.3 Å². The van der Waals surface area contributed by atoms with Crippen molar-refractivity contribution in [1.82, 2.24) is 15.5 Å². The Kier molecular flexibility index (Phi) is 14.2. The number of aryl methyl sites for hydroxylation is 1. The number of phenols is 1. The molecule has 8 nitrogen and oxygen atoms in total. The molecule has 0 spiro atoms. The lowest BCUT2D eigenvalue weighted by atomic mass is 9.94. The van der Waals surface area contributed by atoms with Crippen LogP contribution in [0.3, 0.4) is 0 Å². The zero-order valence-electron chi connectivity index (χ0n) is 28.1. The molecule has 2 unspecified atom stereocenters. The minimum atomic E-state index is -0.986. The van der Waals surface area contributed by atoms with Gasteiger partial charge in [0.2, 0.25) is 11.8 Å². The largest absolute Gasteiger partial charge is 0.508 e. The van der Waals surface area contributed by atoms with Crippen LogP contribution < -0.4 is 10.6 Å². The van der Waals surface area contributed by atoms with Crippen molar-refractivity contribution in [3.05, 3.63) is 65.2 Å². The molecule has 3 amide bonds. The number of amides is 3. The highest BCUT2D eigenvalue weighted by Crippen LogP contribution is 2.27. The molecule has 3 rings (SSSR count). The molecular weight excluding hydrogens is 566 g/mol. The van der Waals surface area contributed by atoms with Crippen LogP contribution in [-0.2, 0) is 27.2 Å². The fourth-order valence-electron chi connectivity index (χ4n) is 5.91. The number of rotatable bonds is 15. The number of nitrogens with one attached hydrogen (secondary N) is 2. The second-order valence-electron chi connectivity index (χ2n) is 13.4. The van der Waals surface area contributed by atoms with E-state index in [0.29, 0.717) is 6.54 Å². The smallest absolute Gasteiger partial charge is 0.408 e. The van der Waals surface area contributed by atoms with Crippen molar-refractivity contribution in [2.24, 2.45) is 0 Å². The Bertz CT molecular complexity index is 1200. The predicted molar refractivity (Wildman–Crippen MR) is 179 cm³/mol. The maximum Gasteiger partial charge on any atom is 0.408 e. The molecule has 0 radical (unpaired) electrons. The first kappa shape index (κ1) is 35.9. The van der Waals surface area contributed by atoms with Gasteiger partial charge in [0, 0.05) is 19.0 Å². The van der Waals surface area contributed by atoms with Crippen LogP contribution in [0.15, 0.2) is 48.5 Å². The summed E-state index contributed by atoms with van der Waals surface area (Å²) in [5.41, 5.74) is 1.92. The molecule has 2 atom stereocenters. The fourth-order valence-corrected chi connectivity index (χ4v) is 5.91. The van der Waals surface area contributed by atoms with E-state index in [1.54, 1.807) is 49.9 Å². The van der Waals surface area contributed by atoms with Gasteiger partial charge in [-0.15, -0.1) is 0 Å². The third kappa shape index (κ3) is 12.0. The lowest BCUT2D eigenvalue weighted by Crippen LogP contribution is -2.54. The summed E-state index contributed by atoms with van der Waals surface area (Å²) in [6.07, 6.45) is 10.5. The number of unbranched alkanes of at least 4 members (excludes halogenated alkanes) is 4. The summed E-state index contributed by atoms with van der Waals surface area (Å²) < 4.78 is 5.56. The highest BCUT2D eigenvalue weighted by molar-refractivity contribution is 5.92. The van der Waals surface area contributed by atoms with E-state index in [1.165, 1.54) is 6.42 Å². The van der Waals surface area contributed by atoms with Gasteiger partial charge >= 0.3 is 6.09 Å². The summed E-state index contributed by atoms with van der Waals surface area (Å²) >= 11 is 0. The molecule has 1 fully saturated rings. The summed E-state index contributed by atoms with van der Waals surface area (Å²) in [5, 5.41) is 16.0. The van der Waals surface area contributed by atoms with E-state index in [1.807, 2.05) is 24.3 Å². The number of nitrogens with zero attached hydrogens (tertiary/aromatic N) is 1. The van der Waals surface area contributed by atoms with Gasteiger partial charge in [0.05, 0.1) is 0 Å². The number of phenolic OH excluding ortho intramolecular Hbond substituents is 1. The molecule has 0 heterocycles. The summed E-state index contributed by atoms with van der Waals surface area (Å²) in [4.78, 5) is 43.7. The van der Waals surface area contributed by atoms with Crippen molar-refractivity contribution in [2.75, 3.05) is 6.54 Å². The monoisotopic (exact) mass is 621 g/mol. The molecule has 3 N–H and O–H groups in total. The number of benzene rings is 2. The van der Waals surface area contributed by atoms with Gasteiger partial charge in [-0.1, -0.05) is 95.2 Å². The number of carbonyl (C=O) groups excluding carboxylic acids is 3. The second kappa shape index (κ2) is 17.8. The van der Waals surface area contributed by atoms with Crippen LogP contribution in [-0.4, -0.2) is 52.1 Å². The standard InChI is InChI=1S/C37H55N3O5/c1-6-8-9-10-14-25-40(33(29-21-17-27(7-2)18-22-29)34(42)38-30-15-12-11-13-16-30)35(43)32(39-36(44)45-37(3,4)5)26-28-19-23-31(41)24-20-28/h17-24,30,32-33,41H,6-16,25-26H2,1-5H3,(H,38,42)(H,39,44). The molecule has 1 aliphatic rings. The number of ether oxygens (including phenoxy) is 1.